The van der Waals surface area contributed by atoms with Crippen molar-refractivity contribution in [3.8, 4) is 0 Å². The van der Waals surface area contributed by atoms with E-state index in [0.29, 0.717) is 5.54 Å². The van der Waals surface area contributed by atoms with Crippen molar-refractivity contribution >= 4 is 0 Å². The second-order valence-electron chi connectivity index (χ2n) is 3.60. The zero-order chi connectivity index (χ0) is 10.3. The molecule has 0 aliphatic carbocycles. The van der Waals surface area contributed by atoms with Crippen molar-refractivity contribution in [3.63, 3.8) is 0 Å². The van der Waals surface area contributed by atoms with Crippen LogP contribution in [0.4, 0.5) is 0 Å². The molecule has 2 nitrogen and oxygen atoms in total. The summed E-state index contributed by atoms with van der Waals surface area (Å²) in [4.78, 5) is 2.50. The molecule has 1 saturated heterocycles. The minimum Gasteiger partial charge on any atom is -0.313 e. The highest BCUT2D eigenvalue weighted by molar-refractivity contribution is 4.99. The third-order valence-corrected chi connectivity index (χ3v) is 2.93. The van der Waals surface area contributed by atoms with Gasteiger partial charge in [0.1, 0.15) is 0 Å². The van der Waals surface area contributed by atoms with Crippen LogP contribution in [-0.4, -0.2) is 37.1 Å². The molecule has 0 amide bonds. The number of nitrogens with one attached hydrogen (secondary N) is 1. The topological polar surface area (TPSA) is 15.3 Å². The summed E-state index contributed by atoms with van der Waals surface area (Å²) >= 11 is 0. The van der Waals surface area contributed by atoms with Crippen LogP contribution in [0.2, 0.25) is 0 Å². The third kappa shape index (κ3) is 2.96. The van der Waals surface area contributed by atoms with Gasteiger partial charge in [0.25, 0.3) is 0 Å². The van der Waals surface area contributed by atoms with Gasteiger partial charge in [0, 0.05) is 18.6 Å². The number of likely N-dealkylation sites (N-methyl/N-ethyl adjacent to an activating group) is 1. The molecule has 13 heavy (non-hydrogen) atoms. The van der Waals surface area contributed by atoms with Crippen molar-refractivity contribution in [2.24, 2.45) is 0 Å². The Bertz CT molecular complexity index is 114. The van der Waals surface area contributed by atoms with Crippen molar-refractivity contribution in [2.45, 2.75) is 46.1 Å². The molecule has 0 aromatic carbocycles. The van der Waals surface area contributed by atoms with E-state index in [1.54, 1.807) is 0 Å². The number of hydrogen-bond acceptors (Lipinski definition) is 2. The molecule has 1 fully saturated rings. The van der Waals surface area contributed by atoms with Gasteiger partial charge in [-0.3, -0.25) is 4.90 Å². The van der Waals surface area contributed by atoms with Gasteiger partial charge < -0.3 is 5.32 Å². The van der Waals surface area contributed by atoms with Gasteiger partial charge in [0.2, 0.25) is 0 Å². The van der Waals surface area contributed by atoms with E-state index in [4.69, 9.17) is 0 Å². The quantitative estimate of drug-likeness (QED) is 0.723. The molecule has 0 bridgehead atoms. The highest BCUT2D eigenvalue weighted by atomic mass is 15.3. The molecule has 1 rings (SSSR count). The third-order valence-electron chi connectivity index (χ3n) is 2.93. The maximum absolute atomic E-state index is 3.35. The fraction of sp³-hybridized carbons (Fsp3) is 1.00. The first-order valence-corrected chi connectivity index (χ1v) is 5.67. The lowest BCUT2D eigenvalue weighted by Crippen LogP contribution is -2.67. The van der Waals surface area contributed by atoms with Crippen LogP contribution < -0.4 is 5.32 Å². The Hall–Kier alpha value is -0.0800. The van der Waals surface area contributed by atoms with Crippen molar-refractivity contribution < 1.29 is 0 Å². The molecular weight excluding hydrogens is 160 g/mol. The molecule has 0 spiro atoms. The Morgan fingerprint density at radius 2 is 1.77 bits per heavy atom. The lowest BCUT2D eigenvalue weighted by Gasteiger charge is -2.49. The molecule has 0 aromatic heterocycles. The number of hydrogen-bond donors (Lipinski definition) is 1. The van der Waals surface area contributed by atoms with Crippen LogP contribution in [0.1, 0.15) is 40.5 Å². The smallest absolute Gasteiger partial charge is 0.0452 e. The molecule has 0 unspecified atom stereocenters. The summed E-state index contributed by atoms with van der Waals surface area (Å²) in [7, 11) is 2.24. The van der Waals surface area contributed by atoms with Gasteiger partial charge in [-0.25, -0.2) is 0 Å². The second kappa shape index (κ2) is 6.39. The predicted octanol–water partition coefficient (Wildman–Crippen LogP) is 2.11. The first kappa shape index (κ1) is 12.9. The van der Waals surface area contributed by atoms with E-state index < -0.39 is 0 Å². The molecule has 2 heteroatoms. The summed E-state index contributed by atoms with van der Waals surface area (Å²) in [5, 5.41) is 3.35. The Balaban J connectivity index is 0.000000671. The van der Waals surface area contributed by atoms with Crippen molar-refractivity contribution in [1.29, 1.82) is 0 Å². The van der Waals surface area contributed by atoms with Crippen molar-refractivity contribution in [3.05, 3.63) is 0 Å². The van der Waals surface area contributed by atoms with Crippen LogP contribution in [0.5, 0.6) is 0 Å². The molecule has 0 saturated carbocycles. The van der Waals surface area contributed by atoms with Gasteiger partial charge in [-0.15, -0.1) is 0 Å². The highest BCUT2D eigenvalue weighted by Crippen LogP contribution is 2.22. The zero-order valence-electron chi connectivity index (χ0n) is 9.98. The minimum atomic E-state index is 0.496. The van der Waals surface area contributed by atoms with Crippen LogP contribution in [0.3, 0.4) is 0 Å². The fourth-order valence-electron chi connectivity index (χ4n) is 1.78. The highest BCUT2D eigenvalue weighted by Gasteiger charge is 2.38. The van der Waals surface area contributed by atoms with Crippen LogP contribution in [0, 0.1) is 0 Å². The Kier molecular flexibility index (Phi) is 6.35. The first-order valence-electron chi connectivity index (χ1n) is 5.67. The summed E-state index contributed by atoms with van der Waals surface area (Å²) in [5.41, 5.74) is 0.496. The van der Waals surface area contributed by atoms with E-state index in [0.717, 1.165) is 0 Å². The average molecular weight is 186 g/mol. The van der Waals surface area contributed by atoms with Crippen LogP contribution in [-0.2, 0) is 0 Å². The van der Waals surface area contributed by atoms with Crippen LogP contribution in [0.15, 0.2) is 0 Å². The molecule has 0 aromatic rings. The Morgan fingerprint density at radius 3 is 2.00 bits per heavy atom. The average Bonchev–Trinajstić information content (AvgIpc) is 2.07. The predicted molar refractivity (Wildman–Crippen MR) is 60.2 cm³/mol. The summed E-state index contributed by atoms with van der Waals surface area (Å²) < 4.78 is 0. The van der Waals surface area contributed by atoms with Gasteiger partial charge in [-0.2, -0.15) is 0 Å². The second-order valence-corrected chi connectivity index (χ2v) is 3.60. The Morgan fingerprint density at radius 1 is 1.23 bits per heavy atom. The molecule has 0 radical (unpaired) electrons. The maximum atomic E-state index is 3.35. The van der Waals surface area contributed by atoms with Gasteiger partial charge in [-0.05, 0) is 26.4 Å². The van der Waals surface area contributed by atoms with Gasteiger partial charge in [0.15, 0.2) is 0 Å². The van der Waals surface area contributed by atoms with Gasteiger partial charge >= 0.3 is 0 Å². The van der Waals surface area contributed by atoms with E-state index in [1.165, 1.54) is 32.5 Å². The summed E-state index contributed by atoms with van der Waals surface area (Å²) in [6.07, 6.45) is 2.54. The van der Waals surface area contributed by atoms with E-state index in [-0.39, 0.29) is 0 Å². The summed E-state index contributed by atoms with van der Waals surface area (Å²) in [6, 6.07) is 0. The monoisotopic (exact) mass is 186 g/mol. The molecule has 1 N–H and O–H groups in total. The lowest BCUT2D eigenvalue weighted by atomic mass is 9.87. The SMILES string of the molecule is CC.CCCN(C)C1(CC)CNC1. The summed E-state index contributed by atoms with van der Waals surface area (Å²) in [5.74, 6) is 0. The standard InChI is InChI=1S/C9H20N2.C2H6/c1-4-6-11(3)9(5-2)7-10-8-9;1-2/h10H,4-8H2,1-3H3;1-2H3. The molecule has 1 aliphatic rings. The van der Waals surface area contributed by atoms with Crippen molar-refractivity contribution in [1.82, 2.24) is 10.2 Å². The fourth-order valence-corrected chi connectivity index (χ4v) is 1.78. The number of nitrogens with zero attached hydrogens (tertiary/aromatic N) is 1. The van der Waals surface area contributed by atoms with E-state index in [2.05, 4.69) is 31.1 Å². The first-order chi connectivity index (χ1) is 6.25. The van der Waals surface area contributed by atoms with Crippen molar-refractivity contribution in [2.75, 3.05) is 26.7 Å². The van der Waals surface area contributed by atoms with E-state index in [1.807, 2.05) is 13.8 Å². The number of rotatable bonds is 4. The molecule has 80 valence electrons. The van der Waals surface area contributed by atoms with Gasteiger partial charge in [0.05, 0.1) is 0 Å². The largest absolute Gasteiger partial charge is 0.313 e. The molecular formula is C11H26N2. The summed E-state index contributed by atoms with van der Waals surface area (Å²) in [6.45, 7) is 12.1. The van der Waals surface area contributed by atoms with E-state index in [9.17, 15) is 0 Å². The maximum Gasteiger partial charge on any atom is 0.0452 e. The Labute approximate surface area is 83.7 Å². The van der Waals surface area contributed by atoms with E-state index >= 15 is 0 Å². The zero-order valence-corrected chi connectivity index (χ0v) is 9.98. The van der Waals surface area contributed by atoms with Crippen LogP contribution in [0.25, 0.3) is 0 Å². The normalized spacial score (nSPS) is 18.9. The van der Waals surface area contributed by atoms with Gasteiger partial charge in [-0.1, -0.05) is 27.7 Å². The molecule has 0 atom stereocenters. The minimum absolute atomic E-state index is 0.496. The van der Waals surface area contributed by atoms with Crippen LogP contribution >= 0.6 is 0 Å². The lowest BCUT2D eigenvalue weighted by molar-refractivity contribution is 0.0574. The molecule has 1 aliphatic heterocycles. The molecule has 1 heterocycles.